The number of piperazine rings is 1. The molecule has 2 heterocycles. The van der Waals surface area contributed by atoms with Gasteiger partial charge in [0.15, 0.2) is 11.5 Å². The van der Waals surface area contributed by atoms with E-state index < -0.39 is 0 Å². The Balaban J connectivity index is 1.19. The van der Waals surface area contributed by atoms with Crippen LogP contribution < -0.4 is 20.0 Å². The summed E-state index contributed by atoms with van der Waals surface area (Å²) >= 11 is 0. The maximum absolute atomic E-state index is 12.4. The van der Waals surface area contributed by atoms with Crippen LogP contribution in [0, 0.1) is 0 Å². The van der Waals surface area contributed by atoms with E-state index >= 15 is 0 Å². The van der Waals surface area contributed by atoms with Crippen molar-refractivity contribution in [2.24, 2.45) is 0 Å². The minimum absolute atomic E-state index is 0.208. The van der Waals surface area contributed by atoms with Crippen LogP contribution in [-0.4, -0.2) is 51.3 Å². The van der Waals surface area contributed by atoms with E-state index in [4.69, 9.17) is 13.9 Å². The van der Waals surface area contributed by atoms with Crippen molar-refractivity contribution in [3.63, 3.8) is 0 Å². The summed E-state index contributed by atoms with van der Waals surface area (Å²) in [6.07, 6.45) is 4.81. The number of methoxy groups -OCH3 is 1. The van der Waals surface area contributed by atoms with Gasteiger partial charge in [-0.2, -0.15) is 0 Å². The largest absolute Gasteiger partial charge is 0.493 e. The summed E-state index contributed by atoms with van der Waals surface area (Å²) in [5.74, 6) is 1.33. The number of hydrogen-bond acceptors (Lipinski definition) is 6. The maximum atomic E-state index is 12.4. The molecular formula is C27H32N2O4. The van der Waals surface area contributed by atoms with Gasteiger partial charge in [-0.1, -0.05) is 18.2 Å². The van der Waals surface area contributed by atoms with Gasteiger partial charge >= 0.3 is 5.63 Å². The highest BCUT2D eigenvalue weighted by Gasteiger charge is 2.21. The van der Waals surface area contributed by atoms with Gasteiger partial charge in [0.05, 0.1) is 13.7 Å². The van der Waals surface area contributed by atoms with Crippen molar-refractivity contribution in [3.8, 4) is 11.5 Å². The van der Waals surface area contributed by atoms with E-state index in [0.717, 1.165) is 87.1 Å². The van der Waals surface area contributed by atoms with Crippen LogP contribution in [-0.2, 0) is 12.8 Å². The lowest BCUT2D eigenvalue weighted by Crippen LogP contribution is -2.46. The van der Waals surface area contributed by atoms with E-state index in [2.05, 4.69) is 40.1 Å². The van der Waals surface area contributed by atoms with Gasteiger partial charge in [0, 0.05) is 55.4 Å². The molecule has 0 radical (unpaired) electrons. The summed E-state index contributed by atoms with van der Waals surface area (Å²) in [5, 5.41) is 0.983. The molecule has 0 N–H and O–H groups in total. The third-order valence-corrected chi connectivity index (χ3v) is 6.88. The van der Waals surface area contributed by atoms with E-state index in [0.29, 0.717) is 17.9 Å². The number of nitrogens with zero attached hydrogens (tertiary/aromatic N) is 2. The summed E-state index contributed by atoms with van der Waals surface area (Å²) in [4.78, 5) is 17.3. The monoisotopic (exact) mass is 448 g/mol. The first kappa shape index (κ1) is 21.8. The Hall–Kier alpha value is -2.99. The number of para-hydroxylation sites is 1. The molecular weight excluding hydrogens is 416 g/mol. The van der Waals surface area contributed by atoms with Crippen LogP contribution in [0.25, 0.3) is 11.0 Å². The van der Waals surface area contributed by atoms with Gasteiger partial charge in [0.1, 0.15) is 5.58 Å². The Labute approximate surface area is 194 Å². The van der Waals surface area contributed by atoms with Crippen LogP contribution in [0.3, 0.4) is 0 Å². The van der Waals surface area contributed by atoms with E-state index in [-0.39, 0.29) is 5.63 Å². The Bertz CT molecular complexity index is 1150. The van der Waals surface area contributed by atoms with E-state index in [1.165, 1.54) is 5.69 Å². The van der Waals surface area contributed by atoms with E-state index in [1.54, 1.807) is 13.2 Å². The summed E-state index contributed by atoms with van der Waals surface area (Å²) in [5.41, 5.74) is 3.64. The van der Waals surface area contributed by atoms with Gasteiger partial charge in [0.2, 0.25) is 0 Å². The summed E-state index contributed by atoms with van der Waals surface area (Å²) in [6, 6.07) is 14.4. The standard InChI is InChI=1S/C27H32N2O4/c1-31-25-19-24-23(21-10-5-6-11-22(21)27(30)33-24)18-26(25)32-17-7-12-28-13-15-29(16-14-28)20-8-3-2-4-9-20/h2-4,8-9,18-19H,5-7,10-17H2,1H3. The molecule has 1 fully saturated rings. The maximum Gasteiger partial charge on any atom is 0.339 e. The van der Waals surface area contributed by atoms with Crippen molar-refractivity contribution in [1.82, 2.24) is 4.90 Å². The zero-order valence-electron chi connectivity index (χ0n) is 19.3. The van der Waals surface area contributed by atoms with Crippen LogP contribution in [0.2, 0.25) is 0 Å². The number of fused-ring (bicyclic) bond motifs is 3. The lowest BCUT2D eigenvalue weighted by atomic mass is 9.90. The molecule has 2 aromatic carbocycles. The van der Waals surface area contributed by atoms with Gasteiger partial charge < -0.3 is 18.8 Å². The minimum Gasteiger partial charge on any atom is -0.493 e. The fourth-order valence-electron chi connectivity index (χ4n) is 5.06. The molecule has 1 aliphatic heterocycles. The molecule has 1 aromatic heterocycles. The highest BCUT2D eigenvalue weighted by atomic mass is 16.5. The Kier molecular flexibility index (Phi) is 6.53. The average Bonchev–Trinajstić information content (AvgIpc) is 2.87. The molecule has 0 spiro atoms. The first-order valence-electron chi connectivity index (χ1n) is 12.0. The third kappa shape index (κ3) is 4.71. The van der Waals surface area contributed by atoms with Gasteiger partial charge in [0.25, 0.3) is 0 Å². The summed E-state index contributed by atoms with van der Waals surface area (Å²) in [6.45, 7) is 5.89. The third-order valence-electron chi connectivity index (χ3n) is 6.88. The molecule has 0 amide bonds. The second kappa shape index (κ2) is 9.87. The Morgan fingerprint density at radius 2 is 1.70 bits per heavy atom. The van der Waals surface area contributed by atoms with Crippen LogP contribution >= 0.6 is 0 Å². The van der Waals surface area contributed by atoms with Gasteiger partial charge in [-0.3, -0.25) is 4.90 Å². The van der Waals surface area contributed by atoms with Crippen molar-refractivity contribution in [3.05, 3.63) is 64.0 Å². The number of anilines is 1. The van der Waals surface area contributed by atoms with Crippen molar-refractivity contribution in [2.45, 2.75) is 32.1 Å². The molecule has 0 atom stereocenters. The van der Waals surface area contributed by atoms with Crippen LogP contribution in [0.5, 0.6) is 11.5 Å². The first-order valence-corrected chi connectivity index (χ1v) is 12.0. The fraction of sp³-hybridized carbons (Fsp3) is 0.444. The van der Waals surface area contributed by atoms with Crippen molar-refractivity contribution in [1.29, 1.82) is 0 Å². The zero-order valence-corrected chi connectivity index (χ0v) is 19.3. The Morgan fingerprint density at radius 3 is 2.45 bits per heavy atom. The smallest absolute Gasteiger partial charge is 0.339 e. The van der Waals surface area contributed by atoms with E-state index in [9.17, 15) is 4.79 Å². The molecule has 0 saturated carbocycles. The lowest BCUT2D eigenvalue weighted by Gasteiger charge is -2.36. The number of benzene rings is 2. The second-order valence-corrected chi connectivity index (χ2v) is 8.92. The van der Waals surface area contributed by atoms with Crippen LogP contribution in [0.15, 0.2) is 51.7 Å². The SMILES string of the molecule is COc1cc2oc(=O)c3c(c2cc1OCCCN1CCN(c2ccccc2)CC1)CCCC3. The number of hydrogen-bond donors (Lipinski definition) is 0. The number of aryl methyl sites for hydroxylation is 1. The predicted molar refractivity (Wildman–Crippen MR) is 131 cm³/mol. The molecule has 1 aliphatic carbocycles. The molecule has 174 valence electrons. The predicted octanol–water partition coefficient (Wildman–Crippen LogP) is 4.27. The average molecular weight is 449 g/mol. The molecule has 1 saturated heterocycles. The highest BCUT2D eigenvalue weighted by molar-refractivity contribution is 5.85. The highest BCUT2D eigenvalue weighted by Crippen LogP contribution is 2.36. The molecule has 5 rings (SSSR count). The zero-order chi connectivity index (χ0) is 22.6. The molecule has 3 aromatic rings. The van der Waals surface area contributed by atoms with Crippen molar-refractivity contribution >= 4 is 16.7 Å². The minimum atomic E-state index is -0.208. The first-order chi connectivity index (χ1) is 16.2. The molecule has 0 unspecified atom stereocenters. The fourth-order valence-corrected chi connectivity index (χ4v) is 5.06. The van der Waals surface area contributed by atoms with Crippen molar-refractivity contribution in [2.75, 3.05) is 51.3 Å². The molecule has 0 bridgehead atoms. The van der Waals surface area contributed by atoms with Crippen molar-refractivity contribution < 1.29 is 13.9 Å². The number of rotatable bonds is 7. The second-order valence-electron chi connectivity index (χ2n) is 8.92. The normalized spacial score (nSPS) is 16.6. The summed E-state index contributed by atoms with van der Waals surface area (Å²) < 4.78 is 17.3. The lowest BCUT2D eigenvalue weighted by molar-refractivity contribution is 0.221. The molecule has 6 heteroatoms. The van der Waals surface area contributed by atoms with Crippen LogP contribution in [0.4, 0.5) is 5.69 Å². The quantitative estimate of drug-likeness (QED) is 0.397. The van der Waals surface area contributed by atoms with Crippen LogP contribution in [0.1, 0.15) is 30.4 Å². The number of ether oxygens (including phenoxy) is 2. The molecule has 6 nitrogen and oxygen atoms in total. The summed E-state index contributed by atoms with van der Waals surface area (Å²) in [7, 11) is 1.62. The topological polar surface area (TPSA) is 55.2 Å². The molecule has 2 aliphatic rings. The van der Waals surface area contributed by atoms with Gasteiger partial charge in [-0.05, 0) is 55.9 Å². The Morgan fingerprint density at radius 1 is 0.939 bits per heavy atom. The molecule has 33 heavy (non-hydrogen) atoms. The van der Waals surface area contributed by atoms with Gasteiger partial charge in [-0.15, -0.1) is 0 Å². The van der Waals surface area contributed by atoms with Gasteiger partial charge in [-0.25, -0.2) is 4.79 Å². The van der Waals surface area contributed by atoms with E-state index in [1.807, 2.05) is 6.07 Å².